The number of benzene rings is 1. The smallest absolute Gasteiger partial charge is 0.115 e. The number of nitrogens with zero attached hydrogens (tertiary/aromatic N) is 3. The van der Waals surface area contributed by atoms with Crippen LogP contribution in [0, 0.1) is 5.92 Å². The molecule has 1 aromatic carbocycles. The van der Waals surface area contributed by atoms with Crippen molar-refractivity contribution in [3.05, 3.63) is 46.2 Å². The summed E-state index contributed by atoms with van der Waals surface area (Å²) in [6.45, 7) is 5.03. The molecule has 1 N–H and O–H groups in total. The van der Waals surface area contributed by atoms with Gasteiger partial charge >= 0.3 is 0 Å². The van der Waals surface area contributed by atoms with Crippen LogP contribution in [0.2, 0.25) is 5.02 Å². The van der Waals surface area contributed by atoms with Crippen LogP contribution in [0.3, 0.4) is 0 Å². The first-order valence-electron chi connectivity index (χ1n) is 7.07. The van der Waals surface area contributed by atoms with Crippen LogP contribution in [-0.2, 0) is 13.2 Å². The second kappa shape index (κ2) is 7.38. The van der Waals surface area contributed by atoms with Crippen molar-refractivity contribution < 1.29 is 5.11 Å². The van der Waals surface area contributed by atoms with Gasteiger partial charge in [0.25, 0.3) is 0 Å². The van der Waals surface area contributed by atoms with Crippen molar-refractivity contribution in [1.29, 1.82) is 0 Å². The zero-order chi connectivity index (χ0) is 15.2. The maximum atomic E-state index is 9.38. The van der Waals surface area contributed by atoms with Crippen LogP contribution >= 0.6 is 11.6 Å². The molecule has 5 heteroatoms. The minimum absolute atomic E-state index is 0.109. The molecule has 0 radical (unpaired) electrons. The van der Waals surface area contributed by atoms with Crippen LogP contribution in [0.25, 0.3) is 12.2 Å². The summed E-state index contributed by atoms with van der Waals surface area (Å²) in [6, 6.07) is 7.59. The van der Waals surface area contributed by atoms with Crippen molar-refractivity contribution >= 4 is 23.8 Å². The quantitative estimate of drug-likeness (QED) is 0.886. The zero-order valence-corrected chi connectivity index (χ0v) is 13.1. The zero-order valence-electron chi connectivity index (χ0n) is 12.3. The Balaban J connectivity index is 2.20. The minimum atomic E-state index is -0.109. The minimum Gasteiger partial charge on any atom is -0.390 e. The van der Waals surface area contributed by atoms with Crippen LogP contribution in [0.5, 0.6) is 0 Å². The van der Waals surface area contributed by atoms with E-state index in [0.29, 0.717) is 16.6 Å². The van der Waals surface area contributed by atoms with E-state index in [2.05, 4.69) is 24.2 Å². The van der Waals surface area contributed by atoms with E-state index >= 15 is 0 Å². The molecule has 0 fully saturated rings. The van der Waals surface area contributed by atoms with E-state index in [1.54, 1.807) is 0 Å². The van der Waals surface area contributed by atoms with Gasteiger partial charge in [-0.25, -0.2) is 4.68 Å². The molecule has 0 spiro atoms. The summed E-state index contributed by atoms with van der Waals surface area (Å²) in [5.74, 6) is 0.597. The summed E-state index contributed by atoms with van der Waals surface area (Å²) >= 11 is 5.87. The van der Waals surface area contributed by atoms with Gasteiger partial charge in [-0.2, -0.15) is 0 Å². The third-order valence-electron chi connectivity index (χ3n) is 3.22. The SMILES string of the molecule is CC(C)CCn1nnc(CO)c1/C=C/c1ccc(Cl)cc1. The molecule has 0 amide bonds. The average molecular weight is 306 g/mol. The summed E-state index contributed by atoms with van der Waals surface area (Å²) in [5, 5.41) is 18.2. The lowest BCUT2D eigenvalue weighted by molar-refractivity contribution is 0.276. The third-order valence-corrected chi connectivity index (χ3v) is 3.47. The van der Waals surface area contributed by atoms with Gasteiger partial charge in [0.1, 0.15) is 5.69 Å². The first-order valence-corrected chi connectivity index (χ1v) is 7.45. The normalized spacial score (nSPS) is 11.7. The van der Waals surface area contributed by atoms with Crippen molar-refractivity contribution in [3.8, 4) is 0 Å². The lowest BCUT2D eigenvalue weighted by Crippen LogP contribution is -2.05. The van der Waals surface area contributed by atoms with Crippen molar-refractivity contribution in [2.75, 3.05) is 0 Å². The molecule has 1 heterocycles. The molecule has 1 aromatic heterocycles. The van der Waals surface area contributed by atoms with Gasteiger partial charge in [0, 0.05) is 11.6 Å². The average Bonchev–Trinajstić information content (AvgIpc) is 2.86. The summed E-state index contributed by atoms with van der Waals surface area (Å²) in [6.07, 6.45) is 4.94. The molecule has 0 aliphatic heterocycles. The van der Waals surface area contributed by atoms with Gasteiger partial charge in [0.2, 0.25) is 0 Å². The fraction of sp³-hybridized carbons (Fsp3) is 0.375. The second-order valence-electron chi connectivity index (χ2n) is 5.37. The number of hydrogen-bond donors (Lipinski definition) is 1. The fourth-order valence-corrected chi connectivity index (χ4v) is 2.07. The molecule has 0 aliphatic carbocycles. The first kappa shape index (κ1) is 15.7. The first-order chi connectivity index (χ1) is 10.1. The van der Waals surface area contributed by atoms with Crippen molar-refractivity contribution in [3.63, 3.8) is 0 Å². The third kappa shape index (κ3) is 4.41. The highest BCUT2D eigenvalue weighted by molar-refractivity contribution is 6.30. The van der Waals surface area contributed by atoms with Crippen LogP contribution in [0.4, 0.5) is 0 Å². The van der Waals surface area contributed by atoms with Crippen LogP contribution < -0.4 is 0 Å². The van der Waals surface area contributed by atoms with Crippen molar-refractivity contribution in [2.45, 2.75) is 33.4 Å². The Hall–Kier alpha value is -1.65. The van der Waals surface area contributed by atoms with Gasteiger partial charge in [-0.3, -0.25) is 0 Å². The summed E-state index contributed by atoms with van der Waals surface area (Å²) in [4.78, 5) is 0. The number of hydrogen-bond acceptors (Lipinski definition) is 3. The molecule has 21 heavy (non-hydrogen) atoms. The van der Waals surface area contributed by atoms with Crippen molar-refractivity contribution in [1.82, 2.24) is 15.0 Å². The number of aliphatic hydroxyl groups excluding tert-OH is 1. The highest BCUT2D eigenvalue weighted by Crippen LogP contribution is 2.15. The molecule has 0 saturated heterocycles. The van der Waals surface area contributed by atoms with E-state index in [1.807, 2.05) is 41.1 Å². The molecule has 4 nitrogen and oxygen atoms in total. The number of aromatic nitrogens is 3. The number of aliphatic hydroxyl groups is 1. The molecular formula is C16H20ClN3O. The Bertz CT molecular complexity index is 602. The molecule has 0 atom stereocenters. The molecule has 0 saturated carbocycles. The lowest BCUT2D eigenvalue weighted by atomic mass is 10.1. The Morgan fingerprint density at radius 2 is 1.95 bits per heavy atom. The van der Waals surface area contributed by atoms with E-state index in [1.165, 1.54) is 0 Å². The predicted octanol–water partition coefficient (Wildman–Crippen LogP) is 3.64. The van der Waals surface area contributed by atoms with Gasteiger partial charge < -0.3 is 5.11 Å². The van der Waals surface area contributed by atoms with Gasteiger partial charge in [-0.1, -0.05) is 48.9 Å². The highest BCUT2D eigenvalue weighted by atomic mass is 35.5. The highest BCUT2D eigenvalue weighted by Gasteiger charge is 2.09. The van der Waals surface area contributed by atoms with E-state index in [9.17, 15) is 5.11 Å². The van der Waals surface area contributed by atoms with Gasteiger partial charge in [-0.05, 0) is 36.1 Å². The second-order valence-corrected chi connectivity index (χ2v) is 5.81. The van der Waals surface area contributed by atoms with E-state index in [0.717, 1.165) is 24.2 Å². The van der Waals surface area contributed by atoms with Crippen LogP contribution in [0.15, 0.2) is 24.3 Å². The largest absolute Gasteiger partial charge is 0.390 e. The summed E-state index contributed by atoms with van der Waals surface area (Å²) in [5.41, 5.74) is 2.50. The van der Waals surface area contributed by atoms with Crippen LogP contribution in [0.1, 0.15) is 37.2 Å². The molecule has 112 valence electrons. The van der Waals surface area contributed by atoms with E-state index in [-0.39, 0.29) is 6.61 Å². The van der Waals surface area contributed by atoms with E-state index < -0.39 is 0 Å². The van der Waals surface area contributed by atoms with Gasteiger partial charge in [0.15, 0.2) is 0 Å². The molecule has 0 unspecified atom stereocenters. The van der Waals surface area contributed by atoms with E-state index in [4.69, 9.17) is 11.6 Å². The lowest BCUT2D eigenvalue weighted by Gasteiger charge is -2.06. The van der Waals surface area contributed by atoms with Gasteiger partial charge in [-0.15, -0.1) is 5.10 Å². The standard InChI is InChI=1S/C16H20ClN3O/c1-12(2)9-10-20-16(15(11-21)18-19-20)8-5-13-3-6-14(17)7-4-13/h3-8,12,21H,9-11H2,1-2H3/b8-5+. The molecule has 2 rings (SSSR count). The van der Waals surface area contributed by atoms with Crippen LogP contribution in [-0.4, -0.2) is 20.1 Å². The maximum absolute atomic E-state index is 9.38. The molecule has 2 aromatic rings. The fourth-order valence-electron chi connectivity index (χ4n) is 1.95. The Morgan fingerprint density at radius 3 is 2.57 bits per heavy atom. The Labute approximate surface area is 130 Å². The molecular weight excluding hydrogens is 286 g/mol. The maximum Gasteiger partial charge on any atom is 0.115 e. The predicted molar refractivity (Wildman–Crippen MR) is 85.8 cm³/mol. The summed E-state index contributed by atoms with van der Waals surface area (Å²) < 4.78 is 1.85. The molecule has 0 aliphatic rings. The number of halogens is 1. The summed E-state index contributed by atoms with van der Waals surface area (Å²) in [7, 11) is 0. The number of aryl methyl sites for hydroxylation is 1. The topological polar surface area (TPSA) is 50.9 Å². The number of rotatable bonds is 6. The van der Waals surface area contributed by atoms with Gasteiger partial charge in [0.05, 0.1) is 12.3 Å². The van der Waals surface area contributed by atoms with Crippen molar-refractivity contribution in [2.24, 2.45) is 5.92 Å². The Kier molecular flexibility index (Phi) is 5.53. The monoisotopic (exact) mass is 305 g/mol. The Morgan fingerprint density at radius 1 is 1.24 bits per heavy atom. The molecule has 0 bridgehead atoms.